The minimum absolute atomic E-state index is 0.0146. The van der Waals surface area contributed by atoms with E-state index in [9.17, 15) is 9.59 Å². The molecule has 3 heterocycles. The molecule has 3 aromatic rings. The molecule has 2 aromatic heterocycles. The summed E-state index contributed by atoms with van der Waals surface area (Å²) in [5.74, 6) is 0.949. The number of benzene rings is 1. The monoisotopic (exact) mass is 475 g/mol. The highest BCUT2D eigenvalue weighted by molar-refractivity contribution is 5.96. The van der Waals surface area contributed by atoms with Crippen molar-refractivity contribution in [3.63, 3.8) is 0 Å². The van der Waals surface area contributed by atoms with E-state index in [-0.39, 0.29) is 24.5 Å². The van der Waals surface area contributed by atoms with Gasteiger partial charge in [-0.15, -0.1) is 0 Å². The van der Waals surface area contributed by atoms with Crippen LogP contribution in [0.15, 0.2) is 54.9 Å². The molecule has 9 nitrogen and oxygen atoms in total. The first-order chi connectivity index (χ1) is 17.1. The molecule has 0 unspecified atom stereocenters. The number of rotatable bonds is 8. The highest BCUT2D eigenvalue weighted by Gasteiger charge is 2.33. The Kier molecular flexibility index (Phi) is 6.76. The second kappa shape index (κ2) is 10.3. The summed E-state index contributed by atoms with van der Waals surface area (Å²) < 4.78 is 11.4. The molecule has 2 fully saturated rings. The van der Waals surface area contributed by atoms with Crippen molar-refractivity contribution in [3.8, 4) is 17.0 Å². The summed E-state index contributed by atoms with van der Waals surface area (Å²) in [6.45, 7) is 1.86. The number of H-pyrrole nitrogens is 1. The lowest BCUT2D eigenvalue weighted by Gasteiger charge is -2.24. The molecule has 1 aromatic carbocycles. The van der Waals surface area contributed by atoms with E-state index in [2.05, 4.69) is 15.2 Å². The Morgan fingerprint density at radius 3 is 2.71 bits per heavy atom. The molecule has 1 aliphatic carbocycles. The molecule has 1 atom stereocenters. The number of aromatic nitrogens is 3. The molecule has 1 saturated heterocycles. The van der Waals surface area contributed by atoms with Gasteiger partial charge in [-0.2, -0.15) is 5.10 Å². The van der Waals surface area contributed by atoms with Crippen molar-refractivity contribution in [2.45, 2.75) is 25.5 Å². The standard InChI is InChI=1S/C26H29N5O4/c1-34-21-8-6-20(7-9-21)23-11-24(29-28-23)26(33)31-15-22(35-17-18-4-5-18)14-30(25(32)16-31)13-19-3-2-10-27-12-19/h2-3,6-12,18,22H,4-5,13-17H2,1H3,(H,28,29)/t22-/m0/s1. The summed E-state index contributed by atoms with van der Waals surface area (Å²) in [4.78, 5) is 34.0. The van der Waals surface area contributed by atoms with Crippen LogP contribution in [0.1, 0.15) is 28.9 Å². The molecular formula is C26H29N5O4. The van der Waals surface area contributed by atoms with Crippen LogP contribution < -0.4 is 4.74 Å². The molecule has 5 rings (SSSR count). The first-order valence-electron chi connectivity index (χ1n) is 11.9. The van der Waals surface area contributed by atoms with Gasteiger partial charge in [0.1, 0.15) is 18.0 Å². The fraction of sp³-hybridized carbons (Fsp3) is 0.385. The zero-order valence-corrected chi connectivity index (χ0v) is 19.7. The van der Waals surface area contributed by atoms with Gasteiger partial charge in [-0.05, 0) is 60.7 Å². The summed E-state index contributed by atoms with van der Waals surface area (Å²) in [6, 6.07) is 13.0. The number of nitrogens with one attached hydrogen (secondary N) is 1. The number of pyridine rings is 1. The van der Waals surface area contributed by atoms with Crippen LogP contribution in [0.4, 0.5) is 0 Å². The molecule has 35 heavy (non-hydrogen) atoms. The fourth-order valence-corrected chi connectivity index (χ4v) is 4.17. The lowest BCUT2D eigenvalue weighted by Crippen LogP contribution is -2.40. The van der Waals surface area contributed by atoms with Crippen LogP contribution in [-0.2, 0) is 16.1 Å². The Balaban J connectivity index is 1.32. The van der Waals surface area contributed by atoms with E-state index in [1.165, 1.54) is 12.8 Å². The molecule has 2 amide bonds. The van der Waals surface area contributed by atoms with Crippen molar-refractivity contribution in [1.82, 2.24) is 25.0 Å². The molecule has 0 spiro atoms. The third-order valence-corrected chi connectivity index (χ3v) is 6.37. The number of ether oxygens (including phenoxy) is 2. The Labute approximate surface area is 204 Å². The minimum atomic E-state index is -0.270. The van der Waals surface area contributed by atoms with Crippen LogP contribution in [0.3, 0.4) is 0 Å². The number of carbonyl (C=O) groups excluding carboxylic acids is 2. The summed E-state index contributed by atoms with van der Waals surface area (Å²) in [7, 11) is 1.61. The molecule has 1 aliphatic heterocycles. The van der Waals surface area contributed by atoms with Crippen molar-refractivity contribution in [2.75, 3.05) is 33.4 Å². The molecular weight excluding hydrogens is 446 g/mol. The number of aromatic amines is 1. The van der Waals surface area contributed by atoms with Gasteiger partial charge in [0, 0.05) is 44.2 Å². The third-order valence-electron chi connectivity index (χ3n) is 6.37. The van der Waals surface area contributed by atoms with Gasteiger partial charge in [0.15, 0.2) is 0 Å². The lowest BCUT2D eigenvalue weighted by atomic mass is 10.1. The first kappa shape index (κ1) is 23.0. The number of hydrogen-bond donors (Lipinski definition) is 1. The van der Waals surface area contributed by atoms with Crippen molar-refractivity contribution < 1.29 is 19.1 Å². The second-order valence-corrected chi connectivity index (χ2v) is 9.12. The van der Waals surface area contributed by atoms with Crippen molar-refractivity contribution in [3.05, 3.63) is 66.1 Å². The van der Waals surface area contributed by atoms with Crippen LogP contribution in [0, 0.1) is 5.92 Å². The molecule has 2 aliphatic rings. The maximum atomic E-state index is 13.4. The number of amides is 2. The SMILES string of the molecule is COc1ccc(-c2cc(C(=O)N3CC(=O)N(Cc4cccnc4)C[C@H](OCC4CC4)C3)[nH]n2)cc1. The highest BCUT2D eigenvalue weighted by Crippen LogP contribution is 2.29. The normalized spacial score (nSPS) is 18.4. The third kappa shape index (κ3) is 5.68. The van der Waals surface area contributed by atoms with Crippen molar-refractivity contribution >= 4 is 11.8 Å². The van der Waals surface area contributed by atoms with Gasteiger partial charge < -0.3 is 19.3 Å². The van der Waals surface area contributed by atoms with E-state index in [0.29, 0.717) is 43.5 Å². The van der Waals surface area contributed by atoms with Crippen molar-refractivity contribution in [1.29, 1.82) is 0 Å². The number of nitrogens with zero attached hydrogens (tertiary/aromatic N) is 4. The van der Waals surface area contributed by atoms with Crippen LogP contribution in [0.2, 0.25) is 0 Å². The van der Waals surface area contributed by atoms with E-state index in [1.807, 2.05) is 36.4 Å². The topological polar surface area (TPSA) is 101 Å². The van der Waals surface area contributed by atoms with Gasteiger partial charge in [-0.3, -0.25) is 19.7 Å². The zero-order chi connectivity index (χ0) is 24.2. The smallest absolute Gasteiger partial charge is 0.272 e. The van der Waals surface area contributed by atoms with Crippen LogP contribution in [-0.4, -0.2) is 76.3 Å². The van der Waals surface area contributed by atoms with Crippen LogP contribution in [0.25, 0.3) is 11.3 Å². The van der Waals surface area contributed by atoms with E-state index in [1.54, 1.807) is 35.4 Å². The lowest BCUT2D eigenvalue weighted by molar-refractivity contribution is -0.132. The Morgan fingerprint density at radius 2 is 2.00 bits per heavy atom. The molecule has 1 saturated carbocycles. The summed E-state index contributed by atoms with van der Waals surface area (Å²) >= 11 is 0. The quantitative estimate of drug-likeness (QED) is 0.538. The predicted octanol–water partition coefficient (Wildman–Crippen LogP) is 2.76. The number of carbonyl (C=O) groups is 2. The number of methoxy groups -OCH3 is 1. The van der Waals surface area contributed by atoms with Gasteiger partial charge in [0.05, 0.1) is 18.9 Å². The maximum absolute atomic E-state index is 13.4. The van der Waals surface area contributed by atoms with E-state index in [0.717, 1.165) is 16.9 Å². The zero-order valence-electron chi connectivity index (χ0n) is 19.7. The summed E-state index contributed by atoms with van der Waals surface area (Å²) in [6.07, 6.45) is 5.56. The van der Waals surface area contributed by atoms with Gasteiger partial charge in [0.25, 0.3) is 5.91 Å². The largest absolute Gasteiger partial charge is 0.497 e. The maximum Gasteiger partial charge on any atom is 0.272 e. The Morgan fingerprint density at radius 1 is 1.17 bits per heavy atom. The summed E-state index contributed by atoms with van der Waals surface area (Å²) in [5, 5.41) is 7.16. The highest BCUT2D eigenvalue weighted by atomic mass is 16.5. The van der Waals surface area contributed by atoms with Crippen molar-refractivity contribution in [2.24, 2.45) is 5.92 Å². The Bertz CT molecular complexity index is 1160. The number of hydrogen-bond acceptors (Lipinski definition) is 6. The van der Waals surface area contributed by atoms with Gasteiger partial charge in [-0.25, -0.2) is 0 Å². The molecule has 0 radical (unpaired) electrons. The molecule has 1 N–H and O–H groups in total. The summed E-state index contributed by atoms with van der Waals surface area (Å²) in [5.41, 5.74) is 2.79. The van der Waals surface area contributed by atoms with E-state index in [4.69, 9.17) is 9.47 Å². The van der Waals surface area contributed by atoms with Gasteiger partial charge >= 0.3 is 0 Å². The first-order valence-corrected chi connectivity index (χ1v) is 11.9. The molecule has 182 valence electrons. The predicted molar refractivity (Wildman–Crippen MR) is 129 cm³/mol. The second-order valence-electron chi connectivity index (χ2n) is 9.12. The minimum Gasteiger partial charge on any atom is -0.497 e. The van der Waals surface area contributed by atoms with Gasteiger partial charge in [-0.1, -0.05) is 6.07 Å². The van der Waals surface area contributed by atoms with E-state index >= 15 is 0 Å². The van der Waals surface area contributed by atoms with Gasteiger partial charge in [0.2, 0.25) is 5.91 Å². The Hall–Kier alpha value is -3.72. The molecule has 0 bridgehead atoms. The average molecular weight is 476 g/mol. The van der Waals surface area contributed by atoms with Crippen LogP contribution in [0.5, 0.6) is 5.75 Å². The average Bonchev–Trinajstić information content (AvgIpc) is 3.62. The van der Waals surface area contributed by atoms with Crippen LogP contribution >= 0.6 is 0 Å². The fourth-order valence-electron chi connectivity index (χ4n) is 4.17. The molecule has 9 heteroatoms. The van der Waals surface area contributed by atoms with E-state index < -0.39 is 0 Å².